The summed E-state index contributed by atoms with van der Waals surface area (Å²) in [5.41, 5.74) is 0.403. The summed E-state index contributed by atoms with van der Waals surface area (Å²) in [4.78, 5) is 35.6. The van der Waals surface area contributed by atoms with Crippen LogP contribution in [0.4, 0.5) is 13.2 Å². The minimum atomic E-state index is -4.47. The highest BCUT2D eigenvalue weighted by atomic mass is 19.4. The van der Waals surface area contributed by atoms with Crippen molar-refractivity contribution < 1.29 is 37.4 Å². The van der Waals surface area contributed by atoms with Crippen molar-refractivity contribution in [1.29, 1.82) is 0 Å². The van der Waals surface area contributed by atoms with Crippen LogP contribution in [0.2, 0.25) is 0 Å². The third-order valence-electron chi connectivity index (χ3n) is 5.94. The molecule has 188 valence electrons. The number of carbonyl (C=O) groups is 3. The molecule has 3 N–H and O–H groups in total. The fourth-order valence-corrected chi connectivity index (χ4v) is 3.94. The molecule has 0 aliphatic heterocycles. The van der Waals surface area contributed by atoms with Crippen molar-refractivity contribution in [2.24, 2.45) is 5.92 Å². The van der Waals surface area contributed by atoms with Gasteiger partial charge in [0.15, 0.2) is 0 Å². The van der Waals surface area contributed by atoms with Crippen molar-refractivity contribution in [1.82, 2.24) is 10.6 Å². The first-order valence-corrected chi connectivity index (χ1v) is 11.3. The molecule has 0 unspecified atom stereocenters. The predicted octanol–water partition coefficient (Wildman–Crippen LogP) is 4.20. The maximum absolute atomic E-state index is 12.6. The smallest absolute Gasteiger partial charge is 0.416 e. The highest BCUT2D eigenvalue weighted by molar-refractivity contribution is 5.96. The van der Waals surface area contributed by atoms with Crippen LogP contribution in [0.5, 0.6) is 5.75 Å². The Hall–Kier alpha value is -3.56. The maximum atomic E-state index is 12.6. The number of hydrogen-bond donors (Lipinski definition) is 3. The number of aliphatic carboxylic acids is 1. The first-order valence-electron chi connectivity index (χ1n) is 11.3. The average molecular weight is 492 g/mol. The van der Waals surface area contributed by atoms with Gasteiger partial charge in [0.1, 0.15) is 5.75 Å². The molecule has 0 aromatic heterocycles. The number of carboxylic acid groups (broad SMARTS) is 1. The van der Waals surface area contributed by atoms with Gasteiger partial charge in [0.2, 0.25) is 0 Å². The summed E-state index contributed by atoms with van der Waals surface area (Å²) in [7, 11) is 0. The number of alkyl halides is 3. The van der Waals surface area contributed by atoms with Gasteiger partial charge in [-0.3, -0.25) is 14.4 Å². The summed E-state index contributed by atoms with van der Waals surface area (Å²) in [6.07, 6.45) is -2.04. The standard InChI is InChI=1S/C25H27F3N2O5/c1-15-14-20(35-19-8-4-17(5-9-19)24(33)34)10-11-21(15)23(32)30-13-12-29-22(31)16-2-6-18(7-3-16)25(26,27)28/h2-3,6-7,10-11,14,17,19H,4-5,8-9,12-13H2,1H3,(H,29,31)(H,30,32)(H,33,34). The quantitative estimate of drug-likeness (QED) is 0.479. The van der Waals surface area contributed by atoms with Crippen molar-refractivity contribution >= 4 is 17.8 Å². The molecule has 2 aromatic carbocycles. The van der Waals surface area contributed by atoms with Crippen molar-refractivity contribution in [3.05, 3.63) is 64.7 Å². The summed E-state index contributed by atoms with van der Waals surface area (Å²) in [6.45, 7) is 2.01. The Morgan fingerprint density at radius 2 is 1.54 bits per heavy atom. The number of carboxylic acids is 1. The molecule has 0 radical (unpaired) electrons. The molecule has 7 nitrogen and oxygen atoms in total. The summed E-state index contributed by atoms with van der Waals surface area (Å²) < 4.78 is 43.8. The molecule has 0 saturated heterocycles. The van der Waals surface area contributed by atoms with Crippen molar-refractivity contribution in [3.8, 4) is 5.75 Å². The summed E-state index contributed by atoms with van der Waals surface area (Å²) in [6, 6.07) is 8.97. The Kier molecular flexibility index (Phi) is 8.37. The van der Waals surface area contributed by atoms with Gasteiger partial charge in [-0.25, -0.2) is 0 Å². The van der Waals surface area contributed by atoms with E-state index in [1.54, 1.807) is 25.1 Å². The first-order chi connectivity index (χ1) is 16.5. The SMILES string of the molecule is Cc1cc(OC2CCC(C(=O)O)CC2)ccc1C(=O)NCCNC(=O)c1ccc(C(F)(F)F)cc1. The molecule has 1 aliphatic carbocycles. The second kappa shape index (κ2) is 11.2. The Balaban J connectivity index is 1.43. The van der Waals surface area contributed by atoms with Gasteiger partial charge in [-0.05, 0) is 80.6 Å². The Bertz CT molecular complexity index is 1060. The molecule has 0 heterocycles. The van der Waals surface area contributed by atoms with Gasteiger partial charge in [-0.1, -0.05) is 0 Å². The van der Waals surface area contributed by atoms with Crippen LogP contribution in [0, 0.1) is 12.8 Å². The normalized spacial score (nSPS) is 17.9. The monoisotopic (exact) mass is 492 g/mol. The van der Waals surface area contributed by atoms with E-state index in [1.807, 2.05) is 0 Å². The van der Waals surface area contributed by atoms with Gasteiger partial charge in [-0.2, -0.15) is 13.2 Å². The predicted molar refractivity (Wildman–Crippen MR) is 121 cm³/mol. The van der Waals surface area contributed by atoms with E-state index in [9.17, 15) is 27.6 Å². The van der Waals surface area contributed by atoms with E-state index in [1.165, 1.54) is 0 Å². The lowest BCUT2D eigenvalue weighted by atomic mass is 9.87. The maximum Gasteiger partial charge on any atom is 0.416 e. The van der Waals surface area contributed by atoms with E-state index in [-0.39, 0.29) is 36.6 Å². The van der Waals surface area contributed by atoms with Crippen LogP contribution in [0.25, 0.3) is 0 Å². The Labute approximate surface area is 200 Å². The lowest BCUT2D eigenvalue weighted by molar-refractivity contribution is -0.143. The lowest BCUT2D eigenvalue weighted by Crippen LogP contribution is -2.35. The molecular formula is C25H27F3N2O5. The molecule has 3 rings (SSSR count). The number of amides is 2. The van der Waals surface area contributed by atoms with Crippen LogP contribution >= 0.6 is 0 Å². The second-order valence-electron chi connectivity index (χ2n) is 8.49. The molecule has 35 heavy (non-hydrogen) atoms. The second-order valence-corrected chi connectivity index (χ2v) is 8.49. The third-order valence-corrected chi connectivity index (χ3v) is 5.94. The van der Waals surface area contributed by atoms with E-state index >= 15 is 0 Å². The molecule has 1 aliphatic rings. The molecule has 2 amide bonds. The van der Waals surface area contributed by atoms with Crippen LogP contribution in [0.1, 0.15) is 57.5 Å². The van der Waals surface area contributed by atoms with Crippen LogP contribution in [0.15, 0.2) is 42.5 Å². The molecule has 2 aromatic rings. The number of rotatable bonds is 8. The topological polar surface area (TPSA) is 105 Å². The van der Waals surface area contributed by atoms with Crippen LogP contribution in [-0.4, -0.2) is 42.1 Å². The summed E-state index contributed by atoms with van der Waals surface area (Å²) >= 11 is 0. The fraction of sp³-hybridized carbons (Fsp3) is 0.400. The number of halogens is 3. The van der Waals surface area contributed by atoms with E-state index < -0.39 is 23.6 Å². The molecule has 0 spiro atoms. The molecule has 1 saturated carbocycles. The number of hydrogen-bond acceptors (Lipinski definition) is 4. The molecule has 10 heteroatoms. The summed E-state index contributed by atoms with van der Waals surface area (Å²) in [5, 5.41) is 14.3. The minimum Gasteiger partial charge on any atom is -0.490 e. The molecule has 1 fully saturated rings. The number of benzene rings is 2. The third kappa shape index (κ3) is 7.21. The highest BCUT2D eigenvalue weighted by Crippen LogP contribution is 2.30. The van der Waals surface area contributed by atoms with Crippen LogP contribution in [0.3, 0.4) is 0 Å². The van der Waals surface area contributed by atoms with E-state index in [0.29, 0.717) is 42.6 Å². The number of nitrogens with one attached hydrogen (secondary N) is 2. The lowest BCUT2D eigenvalue weighted by Gasteiger charge is -2.27. The van der Waals surface area contributed by atoms with Gasteiger partial charge in [0.25, 0.3) is 11.8 Å². The first kappa shape index (κ1) is 26.1. The van der Waals surface area contributed by atoms with Gasteiger partial charge in [-0.15, -0.1) is 0 Å². The van der Waals surface area contributed by atoms with Gasteiger partial charge < -0.3 is 20.5 Å². The highest BCUT2D eigenvalue weighted by Gasteiger charge is 2.30. The van der Waals surface area contributed by atoms with Crippen LogP contribution < -0.4 is 15.4 Å². The molecule has 0 atom stereocenters. The summed E-state index contributed by atoms with van der Waals surface area (Å²) in [5.74, 6) is -1.35. The zero-order valence-corrected chi connectivity index (χ0v) is 19.2. The minimum absolute atomic E-state index is 0.0575. The number of carbonyl (C=O) groups excluding carboxylic acids is 2. The van der Waals surface area contributed by atoms with Crippen molar-refractivity contribution in [2.45, 2.75) is 44.9 Å². The van der Waals surface area contributed by atoms with Crippen molar-refractivity contribution in [3.63, 3.8) is 0 Å². The van der Waals surface area contributed by atoms with E-state index in [2.05, 4.69) is 10.6 Å². The zero-order valence-electron chi connectivity index (χ0n) is 19.2. The Morgan fingerprint density at radius 1 is 0.943 bits per heavy atom. The van der Waals surface area contributed by atoms with Gasteiger partial charge >= 0.3 is 12.1 Å². The molecule has 0 bridgehead atoms. The largest absolute Gasteiger partial charge is 0.490 e. The van der Waals surface area contributed by atoms with Crippen LogP contribution in [-0.2, 0) is 11.0 Å². The van der Waals surface area contributed by atoms with Gasteiger partial charge in [0.05, 0.1) is 17.6 Å². The zero-order chi connectivity index (χ0) is 25.6. The molecular weight excluding hydrogens is 465 g/mol. The van der Waals surface area contributed by atoms with Crippen molar-refractivity contribution in [2.75, 3.05) is 13.1 Å². The average Bonchev–Trinajstić information content (AvgIpc) is 2.81. The number of ether oxygens (including phenoxy) is 1. The fourth-order valence-electron chi connectivity index (χ4n) is 3.94. The number of aryl methyl sites for hydroxylation is 1. The van der Waals surface area contributed by atoms with E-state index in [4.69, 9.17) is 9.84 Å². The van der Waals surface area contributed by atoms with Gasteiger partial charge in [0, 0.05) is 24.2 Å². The van der Waals surface area contributed by atoms with E-state index in [0.717, 1.165) is 24.3 Å². The Morgan fingerprint density at radius 3 is 2.09 bits per heavy atom.